The van der Waals surface area contributed by atoms with E-state index in [1.165, 1.54) is 44.1 Å². The molecule has 20 heavy (non-hydrogen) atoms. The fraction of sp³-hybridized carbons (Fsp3) is 0.889. The van der Waals surface area contributed by atoms with E-state index in [0.717, 1.165) is 25.4 Å². The quantitative estimate of drug-likeness (QED) is 0.826. The first-order valence-corrected chi connectivity index (χ1v) is 8.48. The van der Waals surface area contributed by atoms with Gasteiger partial charge in [0.25, 0.3) is 0 Å². The van der Waals surface area contributed by atoms with E-state index in [4.69, 9.17) is 10.5 Å². The first-order valence-electron chi connectivity index (χ1n) is 8.48. The van der Waals surface area contributed by atoms with E-state index >= 15 is 0 Å². The summed E-state index contributed by atoms with van der Waals surface area (Å²) in [7, 11) is 0. The van der Waals surface area contributed by atoms with Gasteiger partial charge in [0.05, 0.1) is 12.9 Å². The summed E-state index contributed by atoms with van der Waals surface area (Å²) in [4.78, 5) is 0. The molecule has 5 rings (SSSR count). The Bertz CT molecular complexity index is 436. The first kappa shape index (κ1) is 13.2. The van der Waals surface area contributed by atoms with E-state index in [2.05, 4.69) is 13.8 Å². The zero-order valence-corrected chi connectivity index (χ0v) is 13.1. The molecule has 2 nitrogen and oxygen atoms in total. The molecule has 0 amide bonds. The summed E-state index contributed by atoms with van der Waals surface area (Å²) < 4.78 is 5.57. The van der Waals surface area contributed by atoms with Crippen molar-refractivity contribution in [1.82, 2.24) is 0 Å². The number of hydrogen-bond donors (Lipinski definition) is 1. The molecule has 4 saturated carbocycles. The summed E-state index contributed by atoms with van der Waals surface area (Å²) in [5, 5.41) is 0. The molecule has 0 aromatic carbocycles. The standard InChI is InChI=1S/C18H29NO/c1-16-6-13-7-17(2,10-16)12-18(8-13,11-16)15(19)14-4-3-5-20-9-14/h9,13,15H,3-8,10-12,19H2,1-2H3. The lowest BCUT2D eigenvalue weighted by atomic mass is 9.39. The van der Waals surface area contributed by atoms with Gasteiger partial charge in [0.1, 0.15) is 0 Å². The van der Waals surface area contributed by atoms with Gasteiger partial charge < -0.3 is 10.5 Å². The van der Waals surface area contributed by atoms with Crippen molar-refractivity contribution >= 4 is 0 Å². The van der Waals surface area contributed by atoms with Gasteiger partial charge in [0.15, 0.2) is 0 Å². The molecule has 3 atom stereocenters. The van der Waals surface area contributed by atoms with Crippen molar-refractivity contribution in [3.63, 3.8) is 0 Å². The molecule has 2 N–H and O–H groups in total. The van der Waals surface area contributed by atoms with Crippen LogP contribution in [0, 0.1) is 22.2 Å². The fourth-order valence-corrected chi connectivity index (χ4v) is 7.09. The molecular formula is C18H29NO. The fourth-order valence-electron chi connectivity index (χ4n) is 7.09. The highest BCUT2D eigenvalue weighted by Gasteiger charge is 2.61. The van der Waals surface area contributed by atoms with Gasteiger partial charge in [-0.25, -0.2) is 0 Å². The van der Waals surface area contributed by atoms with Crippen LogP contribution in [-0.2, 0) is 4.74 Å². The van der Waals surface area contributed by atoms with Gasteiger partial charge >= 0.3 is 0 Å². The minimum absolute atomic E-state index is 0.241. The highest BCUT2D eigenvalue weighted by atomic mass is 16.5. The number of ether oxygens (including phenoxy) is 1. The van der Waals surface area contributed by atoms with E-state index in [1.807, 2.05) is 6.26 Å². The van der Waals surface area contributed by atoms with E-state index in [9.17, 15) is 0 Å². The second kappa shape index (κ2) is 4.03. The van der Waals surface area contributed by atoms with E-state index < -0.39 is 0 Å². The maximum Gasteiger partial charge on any atom is 0.0876 e. The molecule has 2 heteroatoms. The Morgan fingerprint density at radius 2 is 1.85 bits per heavy atom. The van der Waals surface area contributed by atoms with Crippen LogP contribution in [0.4, 0.5) is 0 Å². The maximum atomic E-state index is 6.82. The lowest BCUT2D eigenvalue weighted by molar-refractivity contribution is -0.150. The minimum atomic E-state index is 0.241. The smallest absolute Gasteiger partial charge is 0.0876 e. The molecule has 112 valence electrons. The molecule has 1 aliphatic heterocycles. The van der Waals surface area contributed by atoms with Crippen molar-refractivity contribution < 1.29 is 4.74 Å². The summed E-state index contributed by atoms with van der Waals surface area (Å²) >= 11 is 0. The molecule has 4 bridgehead atoms. The second-order valence-corrected chi connectivity index (χ2v) is 9.14. The molecule has 0 spiro atoms. The number of nitrogens with two attached hydrogens (primary N) is 1. The lowest BCUT2D eigenvalue weighted by Crippen LogP contribution is -2.61. The zero-order valence-electron chi connectivity index (χ0n) is 13.1. The van der Waals surface area contributed by atoms with Gasteiger partial charge in [-0.3, -0.25) is 0 Å². The maximum absolute atomic E-state index is 6.82. The number of hydrogen-bond acceptors (Lipinski definition) is 2. The second-order valence-electron chi connectivity index (χ2n) is 9.14. The zero-order chi connectivity index (χ0) is 14.0. The number of rotatable bonds is 2. The Balaban J connectivity index is 1.68. The summed E-state index contributed by atoms with van der Waals surface area (Å²) in [5.74, 6) is 0.928. The topological polar surface area (TPSA) is 35.2 Å². The van der Waals surface area contributed by atoms with Gasteiger partial charge in [0.2, 0.25) is 0 Å². The third-order valence-corrected chi connectivity index (χ3v) is 6.69. The summed E-state index contributed by atoms with van der Waals surface area (Å²) in [6.45, 7) is 5.94. The lowest BCUT2D eigenvalue weighted by Gasteiger charge is -2.67. The van der Waals surface area contributed by atoms with Crippen molar-refractivity contribution in [3.05, 3.63) is 11.8 Å². The average Bonchev–Trinajstić information content (AvgIpc) is 2.34. The Hall–Kier alpha value is -0.500. The van der Waals surface area contributed by atoms with Crippen molar-refractivity contribution in [1.29, 1.82) is 0 Å². The van der Waals surface area contributed by atoms with Gasteiger partial charge in [-0.05, 0) is 79.1 Å². The van der Waals surface area contributed by atoms with Gasteiger partial charge in [-0.15, -0.1) is 0 Å². The highest BCUT2D eigenvalue weighted by Crippen LogP contribution is 2.70. The summed E-state index contributed by atoms with van der Waals surface area (Å²) in [6.07, 6.45) is 12.7. The van der Waals surface area contributed by atoms with Crippen LogP contribution in [0.15, 0.2) is 11.8 Å². The summed E-state index contributed by atoms with van der Waals surface area (Å²) in [5.41, 5.74) is 9.70. The normalized spacial score (nSPS) is 51.5. The third kappa shape index (κ3) is 1.87. The van der Waals surface area contributed by atoms with Crippen LogP contribution in [0.5, 0.6) is 0 Å². The third-order valence-electron chi connectivity index (χ3n) is 6.69. The average molecular weight is 275 g/mol. The Kier molecular flexibility index (Phi) is 2.66. The Labute approximate surface area is 123 Å². The van der Waals surface area contributed by atoms with Crippen molar-refractivity contribution in [3.8, 4) is 0 Å². The van der Waals surface area contributed by atoms with Crippen LogP contribution in [0.25, 0.3) is 0 Å². The van der Waals surface area contributed by atoms with Crippen LogP contribution in [0.1, 0.15) is 65.2 Å². The molecule has 4 fully saturated rings. The van der Waals surface area contributed by atoms with Gasteiger partial charge in [0, 0.05) is 6.04 Å². The van der Waals surface area contributed by atoms with E-state index in [-0.39, 0.29) is 6.04 Å². The molecule has 0 aromatic heterocycles. The molecule has 0 saturated heterocycles. The van der Waals surface area contributed by atoms with Crippen LogP contribution < -0.4 is 5.73 Å². The summed E-state index contributed by atoms with van der Waals surface area (Å²) in [6, 6.07) is 0.241. The molecule has 5 aliphatic rings. The molecule has 4 aliphatic carbocycles. The Morgan fingerprint density at radius 3 is 2.40 bits per heavy atom. The monoisotopic (exact) mass is 275 g/mol. The van der Waals surface area contributed by atoms with Crippen LogP contribution >= 0.6 is 0 Å². The van der Waals surface area contributed by atoms with Crippen LogP contribution in [0.2, 0.25) is 0 Å². The van der Waals surface area contributed by atoms with Crippen LogP contribution in [-0.4, -0.2) is 12.6 Å². The molecule has 0 aromatic rings. The molecule has 3 unspecified atom stereocenters. The first-order chi connectivity index (χ1) is 9.42. The van der Waals surface area contributed by atoms with Gasteiger partial charge in [-0.1, -0.05) is 13.8 Å². The minimum Gasteiger partial charge on any atom is -0.501 e. The predicted molar refractivity (Wildman–Crippen MR) is 81.1 cm³/mol. The van der Waals surface area contributed by atoms with E-state index in [0.29, 0.717) is 16.2 Å². The van der Waals surface area contributed by atoms with Crippen molar-refractivity contribution in [2.45, 2.75) is 71.3 Å². The van der Waals surface area contributed by atoms with E-state index in [1.54, 1.807) is 0 Å². The molecular weight excluding hydrogens is 246 g/mol. The molecule has 1 heterocycles. The van der Waals surface area contributed by atoms with Crippen molar-refractivity contribution in [2.75, 3.05) is 6.61 Å². The Morgan fingerprint density at radius 1 is 1.15 bits per heavy atom. The molecule has 0 radical (unpaired) electrons. The largest absolute Gasteiger partial charge is 0.501 e. The van der Waals surface area contributed by atoms with Crippen molar-refractivity contribution in [2.24, 2.45) is 27.9 Å². The van der Waals surface area contributed by atoms with Crippen LogP contribution in [0.3, 0.4) is 0 Å². The SMILES string of the molecule is CC12CC3CC(C)(C1)CC(C(N)C1=COCCC1)(C3)C2. The predicted octanol–water partition coefficient (Wildman–Crippen LogP) is 4.00. The highest BCUT2D eigenvalue weighted by molar-refractivity contribution is 5.21. The van der Waals surface area contributed by atoms with Gasteiger partial charge in [-0.2, -0.15) is 0 Å².